The molecule has 0 heterocycles. The number of nitrogens with one attached hydrogen (secondary N) is 1. The standard InChI is InChI=1S/C16H29NO5.K.H/c1-2-3-4-5-6-7-8-9-10-11-14(18)17-13(16(21)22)12-15(19)20;;/h13H,2-12H2,1H3,(H,17,18)(H,19,20)(H,21,22);;/q;+1;-1. The maximum Gasteiger partial charge on any atom is 1.00 e. The van der Waals surface area contributed by atoms with Crippen LogP contribution in [0.3, 0.4) is 0 Å². The first kappa shape index (κ1) is 25.3. The molecule has 3 N–H and O–H groups in total. The van der Waals surface area contributed by atoms with Crippen molar-refractivity contribution in [2.45, 2.75) is 83.6 Å². The summed E-state index contributed by atoms with van der Waals surface area (Å²) in [4.78, 5) is 32.9. The number of carbonyl (C=O) groups excluding carboxylic acids is 1. The second-order valence-electron chi connectivity index (χ2n) is 5.63. The third-order valence-electron chi connectivity index (χ3n) is 3.52. The fraction of sp³-hybridized carbons (Fsp3) is 0.812. The maximum absolute atomic E-state index is 11.6. The van der Waals surface area contributed by atoms with E-state index in [0.717, 1.165) is 12.8 Å². The Morgan fingerprint density at radius 2 is 1.39 bits per heavy atom. The Morgan fingerprint density at radius 1 is 0.913 bits per heavy atom. The minimum atomic E-state index is -1.34. The first-order chi connectivity index (χ1) is 10.5. The summed E-state index contributed by atoms with van der Waals surface area (Å²) in [5, 5.41) is 19.7. The molecule has 1 unspecified atom stereocenters. The van der Waals surface area contributed by atoms with Crippen LogP contribution in [0.4, 0.5) is 0 Å². The van der Waals surface area contributed by atoms with Crippen molar-refractivity contribution in [2.24, 2.45) is 0 Å². The summed E-state index contributed by atoms with van der Waals surface area (Å²) >= 11 is 0. The third kappa shape index (κ3) is 16.7. The normalized spacial score (nSPS) is 11.3. The average Bonchev–Trinajstić information content (AvgIpc) is 2.44. The van der Waals surface area contributed by atoms with Crippen molar-refractivity contribution < 1.29 is 77.4 Å². The summed E-state index contributed by atoms with van der Waals surface area (Å²) in [6, 6.07) is -1.34. The molecule has 0 rings (SSSR count). The predicted molar refractivity (Wildman–Crippen MR) is 84.8 cm³/mol. The average molecular weight is 356 g/mol. The van der Waals surface area contributed by atoms with Gasteiger partial charge in [0.15, 0.2) is 0 Å². The quantitative estimate of drug-likeness (QED) is 0.302. The van der Waals surface area contributed by atoms with Crippen LogP contribution in [0, 0.1) is 0 Å². The minimum absolute atomic E-state index is 0. The number of carboxylic acid groups (broad SMARTS) is 2. The van der Waals surface area contributed by atoms with Crippen LogP contribution in [-0.2, 0) is 14.4 Å². The third-order valence-corrected chi connectivity index (χ3v) is 3.52. The molecule has 0 radical (unpaired) electrons. The minimum Gasteiger partial charge on any atom is -1.00 e. The number of hydrogen-bond donors (Lipinski definition) is 3. The smallest absolute Gasteiger partial charge is 1.00 e. The van der Waals surface area contributed by atoms with E-state index in [0.29, 0.717) is 6.42 Å². The van der Waals surface area contributed by atoms with Crippen LogP contribution >= 0.6 is 0 Å². The SMILES string of the molecule is CCCCCCCCCCCC(=O)NC(CC(=O)O)C(=O)O.[H-].[K+]. The van der Waals surface area contributed by atoms with Gasteiger partial charge in [-0.3, -0.25) is 9.59 Å². The topological polar surface area (TPSA) is 104 Å². The van der Waals surface area contributed by atoms with E-state index in [-0.39, 0.29) is 59.2 Å². The first-order valence-electron chi connectivity index (χ1n) is 8.21. The van der Waals surface area contributed by atoms with Gasteiger partial charge in [0.25, 0.3) is 0 Å². The van der Waals surface area contributed by atoms with Gasteiger partial charge in [-0.05, 0) is 6.42 Å². The Morgan fingerprint density at radius 3 is 1.83 bits per heavy atom. The van der Waals surface area contributed by atoms with Crippen molar-refractivity contribution >= 4 is 17.8 Å². The number of rotatable bonds is 14. The van der Waals surface area contributed by atoms with E-state index < -0.39 is 30.3 Å². The van der Waals surface area contributed by atoms with Gasteiger partial charge in [-0.2, -0.15) is 0 Å². The summed E-state index contributed by atoms with van der Waals surface area (Å²) in [5.41, 5.74) is 0. The maximum atomic E-state index is 11.6. The monoisotopic (exact) mass is 355 g/mol. The van der Waals surface area contributed by atoms with Gasteiger partial charge < -0.3 is 17.0 Å². The number of carboxylic acids is 2. The van der Waals surface area contributed by atoms with Gasteiger partial charge in [0.1, 0.15) is 6.04 Å². The number of hydrogen-bond acceptors (Lipinski definition) is 3. The molecule has 0 saturated carbocycles. The second kappa shape index (κ2) is 16.9. The number of carbonyl (C=O) groups is 3. The molecule has 6 nitrogen and oxygen atoms in total. The van der Waals surface area contributed by atoms with Crippen molar-refractivity contribution in [1.82, 2.24) is 5.32 Å². The molecular formula is C16H30KNO5. The Balaban J connectivity index is -0.00000220. The van der Waals surface area contributed by atoms with Crippen LogP contribution in [0.2, 0.25) is 0 Å². The molecule has 0 aromatic carbocycles. The number of amides is 1. The largest absolute Gasteiger partial charge is 1.00 e. The molecule has 0 aliphatic rings. The van der Waals surface area contributed by atoms with Gasteiger partial charge >= 0.3 is 63.3 Å². The molecule has 0 aliphatic heterocycles. The van der Waals surface area contributed by atoms with Gasteiger partial charge in [-0.15, -0.1) is 0 Å². The van der Waals surface area contributed by atoms with E-state index in [1.54, 1.807) is 0 Å². The van der Waals surface area contributed by atoms with E-state index in [4.69, 9.17) is 10.2 Å². The van der Waals surface area contributed by atoms with Crippen LogP contribution in [0.5, 0.6) is 0 Å². The zero-order valence-electron chi connectivity index (χ0n) is 15.5. The molecule has 0 aromatic heterocycles. The van der Waals surface area contributed by atoms with E-state index in [1.165, 1.54) is 38.5 Å². The molecule has 0 aliphatic carbocycles. The fourth-order valence-corrected chi connectivity index (χ4v) is 2.24. The molecule has 7 heteroatoms. The van der Waals surface area contributed by atoms with Gasteiger partial charge in [-0.25, -0.2) is 4.79 Å². The molecule has 0 spiro atoms. The zero-order chi connectivity index (χ0) is 16.8. The summed E-state index contributed by atoms with van der Waals surface area (Å²) in [6.45, 7) is 2.19. The van der Waals surface area contributed by atoms with Gasteiger partial charge in [-0.1, -0.05) is 58.3 Å². The van der Waals surface area contributed by atoms with Gasteiger partial charge in [0, 0.05) is 6.42 Å². The van der Waals surface area contributed by atoms with Crippen molar-refractivity contribution in [3.8, 4) is 0 Å². The first-order valence-corrected chi connectivity index (χ1v) is 8.21. The van der Waals surface area contributed by atoms with E-state index in [2.05, 4.69) is 12.2 Å². The van der Waals surface area contributed by atoms with Crippen molar-refractivity contribution in [1.29, 1.82) is 0 Å². The Kier molecular flexibility index (Phi) is 18.6. The van der Waals surface area contributed by atoms with E-state index >= 15 is 0 Å². The van der Waals surface area contributed by atoms with Gasteiger partial charge in [0.2, 0.25) is 5.91 Å². The molecule has 23 heavy (non-hydrogen) atoms. The van der Waals surface area contributed by atoms with E-state index in [9.17, 15) is 14.4 Å². The fourth-order valence-electron chi connectivity index (χ4n) is 2.24. The summed E-state index contributed by atoms with van der Waals surface area (Å²) in [7, 11) is 0. The molecule has 0 fully saturated rings. The molecule has 130 valence electrons. The summed E-state index contributed by atoms with van der Waals surface area (Å²) in [5.74, 6) is -2.95. The zero-order valence-corrected chi connectivity index (χ0v) is 17.6. The van der Waals surface area contributed by atoms with Crippen molar-refractivity contribution in [3.63, 3.8) is 0 Å². The summed E-state index contributed by atoms with van der Waals surface area (Å²) in [6.07, 6.45) is 9.87. The molecule has 1 atom stereocenters. The second-order valence-corrected chi connectivity index (χ2v) is 5.63. The van der Waals surface area contributed by atoms with Crippen LogP contribution in [-0.4, -0.2) is 34.1 Å². The van der Waals surface area contributed by atoms with E-state index in [1.807, 2.05) is 0 Å². The van der Waals surface area contributed by atoms with Crippen LogP contribution in [0.1, 0.15) is 79.0 Å². The van der Waals surface area contributed by atoms with Gasteiger partial charge in [0.05, 0.1) is 6.42 Å². The summed E-state index contributed by atoms with van der Waals surface area (Å²) < 4.78 is 0. The Bertz CT molecular complexity index is 355. The predicted octanol–water partition coefficient (Wildman–Crippen LogP) is 0.0679. The van der Waals surface area contributed by atoms with Crippen LogP contribution in [0.25, 0.3) is 0 Å². The molecule has 0 bridgehead atoms. The van der Waals surface area contributed by atoms with Crippen molar-refractivity contribution in [3.05, 3.63) is 0 Å². The van der Waals surface area contributed by atoms with Crippen LogP contribution < -0.4 is 56.7 Å². The molecule has 0 saturated heterocycles. The Hall–Kier alpha value is 0.0464. The molecule has 1 amide bonds. The van der Waals surface area contributed by atoms with Crippen LogP contribution in [0.15, 0.2) is 0 Å². The van der Waals surface area contributed by atoms with Crippen molar-refractivity contribution in [2.75, 3.05) is 0 Å². The number of aliphatic carboxylic acids is 2. The number of unbranched alkanes of at least 4 members (excludes halogenated alkanes) is 8. The molecular weight excluding hydrogens is 325 g/mol. The Labute approximate surface area is 182 Å². The molecule has 0 aromatic rings.